The maximum absolute atomic E-state index is 12.6. The summed E-state index contributed by atoms with van der Waals surface area (Å²) in [7, 11) is 0. The summed E-state index contributed by atoms with van der Waals surface area (Å²) < 4.78 is 42.7. The van der Waals surface area contributed by atoms with Crippen molar-refractivity contribution >= 4 is 34.0 Å². The quantitative estimate of drug-likeness (QED) is 0.603. The van der Waals surface area contributed by atoms with Crippen molar-refractivity contribution in [2.24, 2.45) is 0 Å². The molecule has 2 heterocycles. The molecule has 0 aliphatic carbocycles. The van der Waals surface area contributed by atoms with Gasteiger partial charge in [-0.2, -0.15) is 18.3 Å². The molecule has 0 radical (unpaired) electrons. The van der Waals surface area contributed by atoms with Gasteiger partial charge in [-0.25, -0.2) is 4.79 Å². The summed E-state index contributed by atoms with van der Waals surface area (Å²) in [6, 6.07) is 0.547. The van der Waals surface area contributed by atoms with E-state index in [1.807, 2.05) is 0 Å². The van der Waals surface area contributed by atoms with Crippen LogP contribution in [-0.4, -0.2) is 34.5 Å². The third-order valence-electron chi connectivity index (χ3n) is 3.29. The Morgan fingerprint density at radius 3 is 2.50 bits per heavy atom. The first kappa shape index (κ1) is 19.6. The number of hydrogen-bond acceptors (Lipinski definition) is 6. The van der Waals surface area contributed by atoms with Crippen molar-refractivity contribution in [2.75, 3.05) is 11.9 Å². The van der Waals surface area contributed by atoms with Gasteiger partial charge in [0.2, 0.25) is 0 Å². The molecule has 0 aliphatic heterocycles. The molecule has 0 saturated heterocycles. The summed E-state index contributed by atoms with van der Waals surface area (Å²) in [5, 5.41) is 7.38. The first-order chi connectivity index (χ1) is 12.1. The molecular weight excluding hydrogens is 375 g/mol. The van der Waals surface area contributed by atoms with Crippen LogP contribution in [0.3, 0.4) is 0 Å². The summed E-state index contributed by atoms with van der Waals surface area (Å²) in [6.45, 7) is 4.48. The van der Waals surface area contributed by atoms with Crippen molar-refractivity contribution in [2.45, 2.75) is 26.9 Å². The number of amides is 1. The number of carbonyl (C=O) groups is 3. The molecule has 0 spiro atoms. The molecule has 2 aromatic rings. The smallest absolute Gasteiger partial charge is 0.432 e. The van der Waals surface area contributed by atoms with Crippen molar-refractivity contribution in [3.63, 3.8) is 0 Å². The van der Waals surface area contributed by atoms with Gasteiger partial charge in [-0.3, -0.25) is 14.7 Å². The highest BCUT2D eigenvalue weighted by molar-refractivity contribution is 7.18. The summed E-state index contributed by atoms with van der Waals surface area (Å²) >= 11 is 0.841. The van der Waals surface area contributed by atoms with E-state index < -0.39 is 29.4 Å². The molecule has 140 valence electrons. The Morgan fingerprint density at radius 1 is 1.35 bits per heavy atom. The van der Waals surface area contributed by atoms with Gasteiger partial charge in [0.15, 0.2) is 11.5 Å². The number of ether oxygens (including phenoxy) is 1. The second kappa shape index (κ2) is 7.28. The van der Waals surface area contributed by atoms with Crippen LogP contribution in [0, 0.1) is 6.92 Å². The van der Waals surface area contributed by atoms with Crippen LogP contribution in [0.4, 0.5) is 18.2 Å². The van der Waals surface area contributed by atoms with Gasteiger partial charge < -0.3 is 10.1 Å². The minimum absolute atomic E-state index is 0.00714. The lowest BCUT2D eigenvalue weighted by Crippen LogP contribution is -2.15. The highest BCUT2D eigenvalue weighted by Gasteiger charge is 2.34. The van der Waals surface area contributed by atoms with Crippen LogP contribution >= 0.6 is 11.3 Å². The molecular formula is C15H14F3N3O4S. The zero-order valence-electron chi connectivity index (χ0n) is 13.9. The standard InChI is InChI=1S/C15H14F3N3O4S/c1-4-25-14(24)10-6(2)11(7(3)22)26-13(10)19-12(23)8-5-9(21-20-8)15(16,17)18/h5H,4H2,1-3H3,(H,19,23)(H,20,21). The number of carbonyl (C=O) groups excluding carboxylic acids is 3. The number of hydrogen-bond donors (Lipinski definition) is 2. The number of alkyl halides is 3. The van der Waals surface area contributed by atoms with Crippen molar-refractivity contribution in [1.82, 2.24) is 10.2 Å². The maximum atomic E-state index is 12.6. The number of anilines is 1. The van der Waals surface area contributed by atoms with Crippen molar-refractivity contribution in [1.29, 1.82) is 0 Å². The van der Waals surface area contributed by atoms with Crippen molar-refractivity contribution in [3.8, 4) is 0 Å². The fourth-order valence-corrected chi connectivity index (χ4v) is 3.22. The molecule has 26 heavy (non-hydrogen) atoms. The largest absolute Gasteiger partial charge is 0.462 e. The lowest BCUT2D eigenvalue weighted by Gasteiger charge is -2.06. The average Bonchev–Trinajstić information content (AvgIpc) is 3.12. The van der Waals surface area contributed by atoms with Crippen LogP contribution in [0.2, 0.25) is 0 Å². The Labute approximate surface area is 149 Å². The van der Waals surface area contributed by atoms with Crippen LogP contribution in [0.1, 0.15) is 55.6 Å². The fraction of sp³-hybridized carbons (Fsp3) is 0.333. The van der Waals surface area contributed by atoms with Crippen LogP contribution in [-0.2, 0) is 10.9 Å². The predicted molar refractivity (Wildman–Crippen MR) is 86.6 cm³/mol. The van der Waals surface area contributed by atoms with Crippen molar-refractivity contribution < 1.29 is 32.3 Å². The molecule has 11 heteroatoms. The Balaban J connectivity index is 2.37. The van der Waals surface area contributed by atoms with E-state index in [0.717, 1.165) is 11.3 Å². The molecule has 1 amide bonds. The zero-order chi connectivity index (χ0) is 19.6. The van der Waals surface area contributed by atoms with E-state index in [9.17, 15) is 27.6 Å². The summed E-state index contributed by atoms with van der Waals surface area (Å²) in [5.74, 6) is -2.03. The minimum Gasteiger partial charge on any atom is -0.462 e. The molecule has 0 atom stereocenters. The number of ketones is 1. The Morgan fingerprint density at radius 2 is 2.00 bits per heavy atom. The minimum atomic E-state index is -4.68. The number of H-pyrrole nitrogens is 1. The van der Waals surface area contributed by atoms with Crippen LogP contribution < -0.4 is 5.32 Å². The van der Waals surface area contributed by atoms with Gasteiger partial charge in [0.1, 0.15) is 10.7 Å². The molecule has 2 rings (SSSR count). The van der Waals surface area contributed by atoms with Crippen LogP contribution in [0.15, 0.2) is 6.07 Å². The molecule has 0 fully saturated rings. The molecule has 0 aliphatic rings. The summed E-state index contributed by atoms with van der Waals surface area (Å²) in [4.78, 5) is 36.2. The van der Waals surface area contributed by atoms with Gasteiger partial charge >= 0.3 is 12.1 Å². The zero-order valence-corrected chi connectivity index (χ0v) is 14.7. The van der Waals surface area contributed by atoms with E-state index in [0.29, 0.717) is 11.6 Å². The molecule has 0 bridgehead atoms. The number of nitrogens with zero attached hydrogens (tertiary/aromatic N) is 1. The number of aromatic nitrogens is 2. The van der Waals surface area contributed by atoms with Crippen LogP contribution in [0.25, 0.3) is 0 Å². The number of Topliss-reactive ketones (excluding diaryl/α,β-unsaturated/α-hetero) is 1. The van der Waals surface area contributed by atoms with Gasteiger partial charge in [-0.1, -0.05) is 0 Å². The van der Waals surface area contributed by atoms with E-state index in [4.69, 9.17) is 4.74 Å². The van der Waals surface area contributed by atoms with Gasteiger partial charge in [-0.05, 0) is 26.3 Å². The maximum Gasteiger partial charge on any atom is 0.432 e. The SMILES string of the molecule is CCOC(=O)c1c(NC(=O)c2cc(C(F)(F)F)[nH]n2)sc(C(C)=O)c1C. The molecule has 0 saturated carbocycles. The second-order valence-corrected chi connectivity index (χ2v) is 6.18. The van der Waals surface area contributed by atoms with E-state index in [1.165, 1.54) is 13.8 Å². The molecule has 2 aromatic heterocycles. The Bertz CT molecular complexity index is 870. The van der Waals surface area contributed by atoms with Gasteiger partial charge in [0.05, 0.1) is 17.0 Å². The van der Waals surface area contributed by atoms with Gasteiger partial charge in [0.25, 0.3) is 5.91 Å². The number of aromatic amines is 1. The topological polar surface area (TPSA) is 101 Å². The Hall–Kier alpha value is -2.69. The predicted octanol–water partition coefficient (Wildman–Crippen LogP) is 3.43. The molecule has 2 N–H and O–H groups in total. The van der Waals surface area contributed by atoms with E-state index in [2.05, 4.69) is 10.4 Å². The lowest BCUT2D eigenvalue weighted by atomic mass is 10.1. The lowest BCUT2D eigenvalue weighted by molar-refractivity contribution is -0.141. The first-order valence-electron chi connectivity index (χ1n) is 7.31. The highest BCUT2D eigenvalue weighted by Crippen LogP contribution is 2.34. The number of halogens is 3. The highest BCUT2D eigenvalue weighted by atomic mass is 32.1. The summed E-state index contributed by atoms with van der Waals surface area (Å²) in [5.41, 5.74) is -1.38. The van der Waals surface area contributed by atoms with E-state index >= 15 is 0 Å². The van der Waals surface area contributed by atoms with Gasteiger partial charge in [0, 0.05) is 6.07 Å². The van der Waals surface area contributed by atoms with E-state index in [1.54, 1.807) is 12.0 Å². The van der Waals surface area contributed by atoms with E-state index in [-0.39, 0.29) is 27.8 Å². The third kappa shape index (κ3) is 3.93. The third-order valence-corrected chi connectivity index (χ3v) is 4.60. The van der Waals surface area contributed by atoms with Crippen molar-refractivity contribution in [3.05, 3.63) is 33.5 Å². The molecule has 0 aromatic carbocycles. The van der Waals surface area contributed by atoms with Gasteiger partial charge in [-0.15, -0.1) is 11.3 Å². The second-order valence-electron chi connectivity index (χ2n) is 5.16. The first-order valence-corrected chi connectivity index (χ1v) is 8.13. The number of thiophene rings is 1. The number of rotatable bonds is 5. The number of esters is 1. The van der Waals surface area contributed by atoms with Crippen LogP contribution in [0.5, 0.6) is 0 Å². The normalized spacial score (nSPS) is 11.3. The monoisotopic (exact) mass is 389 g/mol. The Kier molecular flexibility index (Phi) is 5.50. The molecule has 0 unspecified atom stereocenters. The fourth-order valence-electron chi connectivity index (χ4n) is 2.14. The number of nitrogens with one attached hydrogen (secondary N) is 2. The summed E-state index contributed by atoms with van der Waals surface area (Å²) in [6.07, 6.45) is -4.68. The molecule has 7 nitrogen and oxygen atoms in total. The average molecular weight is 389 g/mol.